The van der Waals surface area contributed by atoms with E-state index in [-0.39, 0.29) is 17.6 Å². The summed E-state index contributed by atoms with van der Waals surface area (Å²) in [5.41, 5.74) is 2.10. The van der Waals surface area contributed by atoms with Gasteiger partial charge in [-0.2, -0.15) is 0 Å². The minimum absolute atomic E-state index is 0.0644. The summed E-state index contributed by atoms with van der Waals surface area (Å²) < 4.78 is 13.2. The van der Waals surface area contributed by atoms with Gasteiger partial charge in [0, 0.05) is 16.8 Å². The number of anilines is 1. The highest BCUT2D eigenvalue weighted by Gasteiger charge is 2.11. The van der Waals surface area contributed by atoms with Crippen LogP contribution in [0.15, 0.2) is 42.5 Å². The van der Waals surface area contributed by atoms with Crippen molar-refractivity contribution in [3.05, 3.63) is 59.4 Å². The molecule has 0 heterocycles. The van der Waals surface area contributed by atoms with Gasteiger partial charge in [-0.25, -0.2) is 4.39 Å². The maximum absolute atomic E-state index is 13.2. The molecule has 2 aromatic rings. The fourth-order valence-corrected chi connectivity index (χ4v) is 1.90. The van der Waals surface area contributed by atoms with Crippen LogP contribution in [-0.4, -0.2) is 5.11 Å². The van der Waals surface area contributed by atoms with Crippen LogP contribution in [0.25, 0.3) is 0 Å². The van der Waals surface area contributed by atoms with E-state index in [0.29, 0.717) is 5.56 Å². The molecule has 0 aromatic heterocycles. The van der Waals surface area contributed by atoms with Gasteiger partial charge in [-0.3, -0.25) is 0 Å². The zero-order chi connectivity index (χ0) is 13.8. The molecule has 2 rings (SSSR count). The Bertz CT molecular complexity index is 631. The molecule has 2 nitrogen and oxygen atoms in total. The third-order valence-corrected chi connectivity index (χ3v) is 2.87. The molecule has 19 heavy (non-hydrogen) atoms. The van der Waals surface area contributed by atoms with Crippen LogP contribution >= 0.6 is 0 Å². The molecule has 0 bridgehead atoms. The molecule has 0 saturated carbocycles. The predicted molar refractivity (Wildman–Crippen MR) is 74.5 cm³/mol. The zero-order valence-electron chi connectivity index (χ0n) is 10.5. The Morgan fingerprint density at radius 1 is 1.26 bits per heavy atom. The largest absolute Gasteiger partial charge is 0.508 e. The molecule has 0 aliphatic heterocycles. The van der Waals surface area contributed by atoms with Crippen LogP contribution in [-0.2, 0) is 0 Å². The molecular weight excluding hydrogens is 241 g/mol. The highest BCUT2D eigenvalue weighted by Crippen LogP contribution is 2.27. The Hall–Kier alpha value is -2.47. The SMILES string of the molecule is C#Cc1cccc(NC(C)c2cc(F)ccc2O)c1. The van der Waals surface area contributed by atoms with Crippen LogP contribution < -0.4 is 5.32 Å². The molecule has 2 aromatic carbocycles. The number of halogens is 1. The summed E-state index contributed by atoms with van der Waals surface area (Å²) in [4.78, 5) is 0. The van der Waals surface area contributed by atoms with Crippen molar-refractivity contribution < 1.29 is 9.50 Å². The lowest BCUT2D eigenvalue weighted by molar-refractivity contribution is 0.462. The van der Waals surface area contributed by atoms with E-state index in [1.54, 1.807) is 0 Å². The fourth-order valence-electron chi connectivity index (χ4n) is 1.90. The quantitative estimate of drug-likeness (QED) is 0.820. The highest BCUT2D eigenvalue weighted by atomic mass is 19.1. The van der Waals surface area contributed by atoms with Crippen LogP contribution in [0.2, 0.25) is 0 Å². The Kier molecular flexibility index (Phi) is 3.72. The molecule has 0 aliphatic rings. The maximum Gasteiger partial charge on any atom is 0.123 e. The van der Waals surface area contributed by atoms with Gasteiger partial charge < -0.3 is 10.4 Å². The number of phenolic OH excluding ortho intramolecular Hbond substituents is 1. The minimum Gasteiger partial charge on any atom is -0.508 e. The van der Waals surface area contributed by atoms with E-state index in [1.807, 2.05) is 31.2 Å². The molecule has 2 N–H and O–H groups in total. The van der Waals surface area contributed by atoms with Crippen molar-refractivity contribution in [2.45, 2.75) is 13.0 Å². The van der Waals surface area contributed by atoms with Gasteiger partial charge in [-0.1, -0.05) is 12.0 Å². The first-order chi connectivity index (χ1) is 9.10. The van der Waals surface area contributed by atoms with E-state index in [0.717, 1.165) is 11.3 Å². The second kappa shape index (κ2) is 5.45. The maximum atomic E-state index is 13.2. The predicted octanol–water partition coefficient (Wildman–Crippen LogP) is 3.69. The van der Waals surface area contributed by atoms with Crippen molar-refractivity contribution in [3.63, 3.8) is 0 Å². The second-order valence-corrected chi connectivity index (χ2v) is 4.29. The van der Waals surface area contributed by atoms with Crippen molar-refractivity contribution in [3.8, 4) is 18.1 Å². The van der Waals surface area contributed by atoms with Gasteiger partial charge in [0.2, 0.25) is 0 Å². The van der Waals surface area contributed by atoms with E-state index in [4.69, 9.17) is 6.42 Å². The summed E-state index contributed by atoms with van der Waals surface area (Å²) in [6.07, 6.45) is 5.34. The van der Waals surface area contributed by atoms with E-state index < -0.39 is 0 Å². The van der Waals surface area contributed by atoms with Crippen molar-refractivity contribution in [1.82, 2.24) is 0 Å². The number of hydrogen-bond acceptors (Lipinski definition) is 2. The van der Waals surface area contributed by atoms with Gasteiger partial charge in [0.1, 0.15) is 11.6 Å². The fraction of sp³-hybridized carbons (Fsp3) is 0.125. The topological polar surface area (TPSA) is 32.3 Å². The Balaban J connectivity index is 2.23. The Labute approximate surface area is 111 Å². The second-order valence-electron chi connectivity index (χ2n) is 4.29. The molecule has 0 saturated heterocycles. The molecule has 96 valence electrons. The third-order valence-electron chi connectivity index (χ3n) is 2.87. The van der Waals surface area contributed by atoms with Crippen LogP contribution in [0, 0.1) is 18.2 Å². The molecule has 1 unspecified atom stereocenters. The molecule has 0 spiro atoms. The third kappa shape index (κ3) is 3.05. The first kappa shape index (κ1) is 13.0. The van der Waals surface area contributed by atoms with E-state index in [2.05, 4.69) is 11.2 Å². The van der Waals surface area contributed by atoms with Crippen molar-refractivity contribution in [1.29, 1.82) is 0 Å². The summed E-state index contributed by atoms with van der Waals surface area (Å²) in [5, 5.41) is 12.9. The van der Waals surface area contributed by atoms with Crippen molar-refractivity contribution in [2.24, 2.45) is 0 Å². The number of benzene rings is 2. The first-order valence-corrected chi connectivity index (χ1v) is 5.92. The smallest absolute Gasteiger partial charge is 0.123 e. The van der Waals surface area contributed by atoms with Gasteiger partial charge in [-0.05, 0) is 43.3 Å². The minimum atomic E-state index is -0.376. The van der Waals surface area contributed by atoms with Gasteiger partial charge in [0.25, 0.3) is 0 Å². The lowest BCUT2D eigenvalue weighted by Gasteiger charge is -2.17. The lowest BCUT2D eigenvalue weighted by Crippen LogP contribution is -2.07. The molecule has 1 atom stereocenters. The first-order valence-electron chi connectivity index (χ1n) is 5.92. The van der Waals surface area contributed by atoms with Crippen molar-refractivity contribution >= 4 is 5.69 Å². The van der Waals surface area contributed by atoms with Crippen LogP contribution in [0.1, 0.15) is 24.1 Å². The van der Waals surface area contributed by atoms with Crippen LogP contribution in [0.3, 0.4) is 0 Å². The molecule has 3 heteroatoms. The summed E-state index contributed by atoms with van der Waals surface area (Å²) >= 11 is 0. The monoisotopic (exact) mass is 255 g/mol. The average Bonchev–Trinajstić information content (AvgIpc) is 2.41. The molecular formula is C16H14FNO. The molecule has 0 aliphatic carbocycles. The van der Waals surface area contributed by atoms with Gasteiger partial charge >= 0.3 is 0 Å². The number of rotatable bonds is 3. The summed E-state index contributed by atoms with van der Waals surface area (Å²) in [6.45, 7) is 1.84. The van der Waals surface area contributed by atoms with Gasteiger partial charge in [0.15, 0.2) is 0 Å². The average molecular weight is 255 g/mol. The lowest BCUT2D eigenvalue weighted by atomic mass is 10.1. The number of phenols is 1. The number of nitrogens with one attached hydrogen (secondary N) is 1. The standard InChI is InChI=1S/C16H14FNO/c1-3-12-5-4-6-14(9-12)18-11(2)15-10-13(17)7-8-16(15)19/h1,4-11,18-19H,2H3. The van der Waals surface area contributed by atoms with Gasteiger partial charge in [0.05, 0.1) is 6.04 Å². The summed E-state index contributed by atoms with van der Waals surface area (Å²) in [5.74, 6) is 2.24. The normalized spacial score (nSPS) is 11.6. The van der Waals surface area contributed by atoms with Crippen molar-refractivity contribution in [2.75, 3.05) is 5.32 Å². The number of terminal acetylenes is 1. The van der Waals surface area contributed by atoms with E-state index in [1.165, 1.54) is 18.2 Å². The van der Waals surface area contributed by atoms with Crippen LogP contribution in [0.4, 0.5) is 10.1 Å². The summed E-state index contributed by atoms with van der Waals surface area (Å²) in [6, 6.07) is 11.0. The summed E-state index contributed by atoms with van der Waals surface area (Å²) in [7, 11) is 0. The Morgan fingerprint density at radius 2 is 2.05 bits per heavy atom. The van der Waals surface area contributed by atoms with E-state index in [9.17, 15) is 9.50 Å². The van der Waals surface area contributed by atoms with E-state index >= 15 is 0 Å². The zero-order valence-corrected chi connectivity index (χ0v) is 10.5. The number of hydrogen-bond donors (Lipinski definition) is 2. The van der Waals surface area contributed by atoms with Gasteiger partial charge in [-0.15, -0.1) is 6.42 Å². The number of aromatic hydroxyl groups is 1. The molecule has 0 fully saturated rings. The molecule has 0 amide bonds. The Morgan fingerprint density at radius 3 is 2.79 bits per heavy atom. The van der Waals surface area contributed by atoms with Crippen LogP contribution in [0.5, 0.6) is 5.75 Å². The molecule has 0 radical (unpaired) electrons. The highest BCUT2D eigenvalue weighted by molar-refractivity contribution is 5.52.